The largest absolute Gasteiger partial charge is 0.339 e. The average Bonchev–Trinajstić information content (AvgIpc) is 3.37. The lowest BCUT2D eigenvalue weighted by Crippen LogP contribution is -2.37. The number of aromatic nitrogens is 2. The number of hydrogen-bond donors (Lipinski definition) is 0. The summed E-state index contributed by atoms with van der Waals surface area (Å²) in [7, 11) is -0.926. The van der Waals surface area contributed by atoms with Gasteiger partial charge in [0.15, 0.2) is 5.82 Å². The molecule has 0 bridgehead atoms. The van der Waals surface area contributed by atoms with Crippen LogP contribution in [-0.2, 0) is 10.8 Å². The van der Waals surface area contributed by atoms with Crippen LogP contribution in [0.4, 0.5) is 0 Å². The lowest BCUT2D eigenvalue weighted by atomic mass is 9.97. The van der Waals surface area contributed by atoms with Crippen molar-refractivity contribution in [3.05, 3.63) is 42.0 Å². The summed E-state index contributed by atoms with van der Waals surface area (Å²) >= 11 is 0. The van der Waals surface area contributed by atoms with Crippen molar-refractivity contribution >= 4 is 10.8 Å². The molecule has 1 aliphatic carbocycles. The quantitative estimate of drug-likeness (QED) is 0.806. The van der Waals surface area contributed by atoms with Crippen LogP contribution in [0.1, 0.15) is 49.2 Å². The first kappa shape index (κ1) is 16.0. The zero-order chi connectivity index (χ0) is 16.4. The van der Waals surface area contributed by atoms with Gasteiger partial charge in [0.05, 0.1) is 10.8 Å². The van der Waals surface area contributed by atoms with Crippen molar-refractivity contribution in [2.75, 3.05) is 25.4 Å². The maximum Gasteiger partial charge on any atom is 0.229 e. The average molecular weight is 345 g/mol. The topological polar surface area (TPSA) is 59.2 Å². The monoisotopic (exact) mass is 345 g/mol. The zero-order valence-electron chi connectivity index (χ0n) is 13.8. The third kappa shape index (κ3) is 3.75. The summed E-state index contributed by atoms with van der Waals surface area (Å²) in [6, 6.07) is 9.72. The van der Waals surface area contributed by atoms with Gasteiger partial charge in [-0.05, 0) is 44.4 Å². The van der Waals surface area contributed by atoms with Crippen LogP contribution in [-0.4, -0.2) is 44.6 Å². The fraction of sp³-hybridized carbons (Fsp3) is 0.556. The van der Waals surface area contributed by atoms with Gasteiger partial charge in [0, 0.05) is 35.6 Å². The van der Waals surface area contributed by atoms with Crippen LogP contribution in [0.2, 0.25) is 0 Å². The molecule has 0 amide bonds. The van der Waals surface area contributed by atoms with Crippen LogP contribution >= 0.6 is 0 Å². The molecule has 1 aromatic heterocycles. The molecule has 1 saturated carbocycles. The highest BCUT2D eigenvalue weighted by Crippen LogP contribution is 2.39. The van der Waals surface area contributed by atoms with Gasteiger partial charge in [-0.15, -0.1) is 0 Å². The van der Waals surface area contributed by atoms with Gasteiger partial charge in [0.25, 0.3) is 0 Å². The minimum atomic E-state index is -0.926. The van der Waals surface area contributed by atoms with Crippen molar-refractivity contribution in [3.63, 3.8) is 0 Å². The molecule has 0 N–H and O–H groups in total. The molecule has 1 saturated heterocycles. The van der Waals surface area contributed by atoms with Gasteiger partial charge in [-0.3, -0.25) is 4.21 Å². The van der Waals surface area contributed by atoms with Gasteiger partial charge in [0.2, 0.25) is 5.89 Å². The second kappa shape index (κ2) is 7.15. The third-order valence-electron chi connectivity index (χ3n) is 4.85. The molecule has 0 radical (unpaired) electrons. The second-order valence-corrected chi connectivity index (χ2v) is 8.34. The predicted molar refractivity (Wildman–Crippen MR) is 92.4 cm³/mol. The molecule has 2 fully saturated rings. The maximum absolute atomic E-state index is 12.4. The van der Waals surface area contributed by atoms with E-state index < -0.39 is 10.8 Å². The third-order valence-corrected chi connectivity index (χ3v) is 6.21. The van der Waals surface area contributed by atoms with Gasteiger partial charge in [0.1, 0.15) is 0 Å². The lowest BCUT2D eigenvalue weighted by molar-refractivity contribution is 0.212. The summed E-state index contributed by atoms with van der Waals surface area (Å²) < 4.78 is 17.8. The smallest absolute Gasteiger partial charge is 0.229 e. The first-order chi connectivity index (χ1) is 11.8. The predicted octanol–water partition coefficient (Wildman–Crippen LogP) is 2.93. The summed E-state index contributed by atoms with van der Waals surface area (Å²) in [6.45, 7) is 2.86. The fourth-order valence-electron chi connectivity index (χ4n) is 3.28. The number of hydrogen-bond acceptors (Lipinski definition) is 5. The van der Waals surface area contributed by atoms with E-state index >= 15 is 0 Å². The Hall–Kier alpha value is -1.53. The number of benzene rings is 1. The van der Waals surface area contributed by atoms with Crippen molar-refractivity contribution < 1.29 is 8.73 Å². The molecule has 128 valence electrons. The summed E-state index contributed by atoms with van der Waals surface area (Å²) in [5.41, 5.74) is 0. The van der Waals surface area contributed by atoms with Crippen LogP contribution in [0.3, 0.4) is 0 Å². The van der Waals surface area contributed by atoms with E-state index in [-0.39, 0.29) is 0 Å². The first-order valence-corrected chi connectivity index (χ1v) is 10.1. The number of nitrogens with zero attached hydrogens (tertiary/aromatic N) is 3. The van der Waals surface area contributed by atoms with E-state index in [2.05, 4.69) is 15.0 Å². The number of piperidine rings is 1. The standard InChI is InChI=1S/C18H23N3O2S/c22-24(16-6-2-1-3-7-16)12-11-21-10-4-5-15(13-21)17-19-18(23-20-17)14-8-9-14/h1-3,6-7,14-15H,4-5,8-13H2/t15-,24+/m1/s1. The molecule has 2 heterocycles. The van der Waals surface area contributed by atoms with Crippen LogP contribution in [0.5, 0.6) is 0 Å². The van der Waals surface area contributed by atoms with E-state index in [0.717, 1.165) is 49.1 Å². The van der Waals surface area contributed by atoms with Gasteiger partial charge in [-0.1, -0.05) is 23.4 Å². The Kier molecular flexibility index (Phi) is 4.76. The molecule has 0 spiro atoms. The van der Waals surface area contributed by atoms with Gasteiger partial charge < -0.3 is 9.42 Å². The Morgan fingerprint density at radius 1 is 1.17 bits per heavy atom. The molecule has 1 aromatic carbocycles. The van der Waals surface area contributed by atoms with E-state index in [4.69, 9.17) is 4.52 Å². The first-order valence-electron chi connectivity index (χ1n) is 8.79. The molecule has 0 unspecified atom stereocenters. The van der Waals surface area contributed by atoms with Crippen LogP contribution in [0.15, 0.2) is 39.8 Å². The Bertz CT molecular complexity index is 699. The highest BCUT2D eigenvalue weighted by atomic mass is 32.2. The molecular formula is C18H23N3O2S. The number of rotatable bonds is 6. The van der Waals surface area contributed by atoms with Crippen molar-refractivity contribution in [1.29, 1.82) is 0 Å². The Labute approximate surface area is 144 Å². The van der Waals surface area contributed by atoms with E-state index in [0.29, 0.717) is 17.6 Å². The molecule has 6 heteroatoms. The fourth-order valence-corrected chi connectivity index (χ4v) is 4.40. The van der Waals surface area contributed by atoms with Gasteiger partial charge in [-0.2, -0.15) is 4.98 Å². The SMILES string of the molecule is O=[S@@](CCN1CCC[C@@H](c2noc(C3CC3)n2)C1)c1ccccc1. The zero-order valence-corrected chi connectivity index (χ0v) is 14.6. The highest BCUT2D eigenvalue weighted by molar-refractivity contribution is 7.85. The molecule has 5 nitrogen and oxygen atoms in total. The molecule has 2 aromatic rings. The molecule has 1 aliphatic heterocycles. The number of likely N-dealkylation sites (tertiary alicyclic amines) is 1. The van der Waals surface area contributed by atoms with Gasteiger partial charge in [-0.25, -0.2) is 0 Å². The van der Waals surface area contributed by atoms with Crippen LogP contribution in [0, 0.1) is 0 Å². The summed E-state index contributed by atoms with van der Waals surface area (Å²) in [4.78, 5) is 7.91. The normalized spacial score (nSPS) is 23.2. The van der Waals surface area contributed by atoms with Crippen molar-refractivity contribution in [2.45, 2.75) is 42.4 Å². The van der Waals surface area contributed by atoms with E-state index in [9.17, 15) is 4.21 Å². The minimum Gasteiger partial charge on any atom is -0.339 e. The van der Waals surface area contributed by atoms with Crippen molar-refractivity contribution in [2.24, 2.45) is 0 Å². The van der Waals surface area contributed by atoms with Crippen molar-refractivity contribution in [3.8, 4) is 0 Å². The Morgan fingerprint density at radius 3 is 2.79 bits per heavy atom. The van der Waals surface area contributed by atoms with E-state index in [1.165, 1.54) is 12.8 Å². The van der Waals surface area contributed by atoms with Crippen molar-refractivity contribution in [1.82, 2.24) is 15.0 Å². The summed E-state index contributed by atoms with van der Waals surface area (Å²) in [5, 5.41) is 4.21. The van der Waals surface area contributed by atoms with E-state index in [1.807, 2.05) is 30.3 Å². The Morgan fingerprint density at radius 2 is 2.00 bits per heavy atom. The van der Waals surface area contributed by atoms with Gasteiger partial charge >= 0.3 is 0 Å². The summed E-state index contributed by atoms with van der Waals surface area (Å²) in [5.74, 6) is 3.23. The van der Waals surface area contributed by atoms with Crippen LogP contribution < -0.4 is 0 Å². The van der Waals surface area contributed by atoms with E-state index in [1.54, 1.807) is 0 Å². The lowest BCUT2D eigenvalue weighted by Gasteiger charge is -2.30. The molecular weight excluding hydrogens is 322 g/mol. The molecule has 24 heavy (non-hydrogen) atoms. The molecule has 2 atom stereocenters. The molecule has 2 aliphatic rings. The molecule has 4 rings (SSSR count). The second-order valence-electron chi connectivity index (χ2n) is 6.77. The Balaban J connectivity index is 1.32. The van der Waals surface area contributed by atoms with Crippen LogP contribution in [0.25, 0.3) is 0 Å². The minimum absolute atomic E-state index is 0.347. The summed E-state index contributed by atoms with van der Waals surface area (Å²) in [6.07, 6.45) is 4.62. The highest BCUT2D eigenvalue weighted by Gasteiger charge is 2.32. The maximum atomic E-state index is 12.4.